The normalized spacial score (nSPS) is 44.9. The maximum atomic E-state index is 12.3. The number of para-hydroxylation sites is 1. The lowest BCUT2D eigenvalue weighted by molar-refractivity contribution is -0.179. The Morgan fingerprint density at radius 1 is 1.28 bits per heavy atom. The third-order valence-corrected chi connectivity index (χ3v) is 6.74. The Labute approximate surface area is 109 Å². The van der Waals surface area contributed by atoms with Gasteiger partial charge in [0.25, 0.3) is 0 Å². The maximum Gasteiger partial charge on any atom is 0.223 e. The van der Waals surface area contributed by atoms with Crippen molar-refractivity contribution in [1.29, 1.82) is 0 Å². The Balaban J connectivity index is 2.00. The van der Waals surface area contributed by atoms with E-state index in [2.05, 4.69) is 6.07 Å². The van der Waals surface area contributed by atoms with Crippen LogP contribution in [0.15, 0.2) is 24.3 Å². The lowest BCUT2D eigenvalue weighted by Crippen LogP contribution is -2.62. The number of benzene rings is 1. The summed E-state index contributed by atoms with van der Waals surface area (Å²) in [6, 6.07) is 7.94. The molecule has 1 N–H and O–H groups in total. The van der Waals surface area contributed by atoms with Crippen LogP contribution in [0.1, 0.15) is 31.2 Å². The molecule has 96 valence electrons. The molecule has 2 fully saturated rings. The average molecular weight is 264 g/mol. The third-order valence-electron chi connectivity index (χ3n) is 4.79. The van der Waals surface area contributed by atoms with E-state index < -0.39 is 16.6 Å². The van der Waals surface area contributed by atoms with Crippen molar-refractivity contribution in [3.8, 4) is 5.75 Å². The monoisotopic (exact) mass is 264 g/mol. The van der Waals surface area contributed by atoms with E-state index in [1.165, 1.54) is 0 Å². The largest absolute Gasteiger partial charge is 0.461 e. The summed E-state index contributed by atoms with van der Waals surface area (Å²) in [5.41, 5.74) is 1.04. The Bertz CT molecular complexity index is 544. The van der Waals surface area contributed by atoms with Crippen LogP contribution >= 0.6 is 0 Å². The molecule has 4 rings (SSSR count). The van der Waals surface area contributed by atoms with Crippen LogP contribution in [0.4, 0.5) is 0 Å². The highest BCUT2D eigenvalue weighted by Gasteiger charge is 2.64. The van der Waals surface area contributed by atoms with Crippen molar-refractivity contribution in [2.24, 2.45) is 0 Å². The fraction of sp³-hybridized carbons (Fsp3) is 0.571. The quantitative estimate of drug-likeness (QED) is 0.776. The van der Waals surface area contributed by atoms with Crippen molar-refractivity contribution in [3.05, 3.63) is 29.8 Å². The van der Waals surface area contributed by atoms with E-state index in [-0.39, 0.29) is 10.7 Å². The molecule has 3 aliphatic rings. The number of ether oxygens (including phenoxy) is 1. The lowest BCUT2D eigenvalue weighted by Gasteiger charge is -2.52. The summed E-state index contributed by atoms with van der Waals surface area (Å²) in [6.45, 7) is 0. The van der Waals surface area contributed by atoms with Gasteiger partial charge in [0, 0.05) is 34.0 Å². The van der Waals surface area contributed by atoms with Crippen molar-refractivity contribution in [2.45, 2.75) is 42.1 Å². The van der Waals surface area contributed by atoms with Crippen LogP contribution in [0, 0.1) is 0 Å². The van der Waals surface area contributed by atoms with Gasteiger partial charge in [0.1, 0.15) is 11.0 Å². The van der Waals surface area contributed by atoms with Gasteiger partial charge in [0.2, 0.25) is 5.79 Å². The highest BCUT2D eigenvalue weighted by molar-refractivity contribution is 7.86. The van der Waals surface area contributed by atoms with Crippen LogP contribution in [0.2, 0.25) is 0 Å². The third kappa shape index (κ3) is 1.16. The molecule has 1 aromatic carbocycles. The Morgan fingerprint density at radius 3 is 3.00 bits per heavy atom. The number of hydrogen-bond acceptors (Lipinski definition) is 3. The zero-order valence-corrected chi connectivity index (χ0v) is 10.9. The molecule has 1 saturated carbocycles. The number of fused-ring (bicyclic) bond motifs is 1. The lowest BCUT2D eigenvalue weighted by atomic mass is 9.64. The topological polar surface area (TPSA) is 46.5 Å². The van der Waals surface area contributed by atoms with E-state index in [1.54, 1.807) is 0 Å². The number of aliphatic hydroxyl groups is 1. The first-order chi connectivity index (χ1) is 8.66. The van der Waals surface area contributed by atoms with Crippen molar-refractivity contribution < 1.29 is 14.1 Å². The fourth-order valence-electron chi connectivity index (χ4n) is 4.14. The van der Waals surface area contributed by atoms with Gasteiger partial charge in [-0.3, -0.25) is 4.21 Å². The summed E-state index contributed by atoms with van der Waals surface area (Å²) < 4.78 is 18.1. The number of hydrogen-bond donors (Lipinski definition) is 1. The summed E-state index contributed by atoms with van der Waals surface area (Å²) in [7, 11) is -0.979. The van der Waals surface area contributed by atoms with Gasteiger partial charge >= 0.3 is 0 Å². The number of rotatable bonds is 0. The van der Waals surface area contributed by atoms with Crippen molar-refractivity contribution in [3.63, 3.8) is 0 Å². The minimum absolute atomic E-state index is 0.118. The maximum absolute atomic E-state index is 12.3. The Morgan fingerprint density at radius 2 is 2.11 bits per heavy atom. The molecule has 18 heavy (non-hydrogen) atoms. The second-order valence-corrected chi connectivity index (χ2v) is 7.31. The van der Waals surface area contributed by atoms with Gasteiger partial charge in [-0.1, -0.05) is 18.2 Å². The summed E-state index contributed by atoms with van der Waals surface area (Å²) in [6.07, 6.45) is 3.47. The standard InChI is InChI=1S/C14H16O3S/c15-14-7-3-6-13(8-9-18(16)12(13)14)10-4-1-2-5-11(10)17-14/h1-2,4-5,12,15H,3,6-9H2/t12?,13-,14+,18?/m0/s1. The Kier molecular flexibility index (Phi) is 2.06. The SMILES string of the molecule is O=S1CC[C@@]23CCC[C@@](O)(Oc4ccccc42)C13. The van der Waals surface area contributed by atoms with E-state index in [0.717, 1.165) is 30.6 Å². The van der Waals surface area contributed by atoms with Crippen LogP contribution in [0.3, 0.4) is 0 Å². The minimum Gasteiger partial charge on any atom is -0.461 e. The fourth-order valence-corrected chi connectivity index (χ4v) is 6.38. The first kappa shape index (κ1) is 11.0. The van der Waals surface area contributed by atoms with Gasteiger partial charge in [0.05, 0.1) is 0 Å². The van der Waals surface area contributed by atoms with Gasteiger partial charge in [-0.15, -0.1) is 0 Å². The Hall–Kier alpha value is -0.870. The zero-order valence-electron chi connectivity index (χ0n) is 10.1. The van der Waals surface area contributed by atoms with E-state index in [1.807, 2.05) is 18.2 Å². The first-order valence-corrected chi connectivity index (χ1v) is 7.92. The molecule has 2 aliphatic heterocycles. The van der Waals surface area contributed by atoms with Crippen LogP contribution in [0.25, 0.3) is 0 Å². The highest BCUT2D eigenvalue weighted by atomic mass is 32.2. The summed E-state index contributed by atoms with van der Waals surface area (Å²) >= 11 is 0. The zero-order chi connectivity index (χ0) is 12.4. The summed E-state index contributed by atoms with van der Waals surface area (Å²) in [5, 5.41) is 10.5. The molecule has 1 aliphatic carbocycles. The molecule has 0 amide bonds. The smallest absolute Gasteiger partial charge is 0.223 e. The summed E-state index contributed by atoms with van der Waals surface area (Å²) in [4.78, 5) is 0. The summed E-state index contributed by atoms with van der Waals surface area (Å²) in [5.74, 6) is 0.258. The van der Waals surface area contributed by atoms with E-state index in [4.69, 9.17) is 4.74 Å². The van der Waals surface area contributed by atoms with Gasteiger partial charge in [0.15, 0.2) is 0 Å². The molecule has 1 aromatic rings. The minimum atomic E-state index is -1.21. The van der Waals surface area contributed by atoms with Gasteiger partial charge < -0.3 is 9.84 Å². The predicted octanol–water partition coefficient (Wildman–Crippen LogP) is 1.71. The molecule has 2 heterocycles. The molecule has 2 bridgehead atoms. The van der Waals surface area contributed by atoms with Crippen molar-refractivity contribution in [2.75, 3.05) is 5.75 Å². The van der Waals surface area contributed by atoms with Gasteiger partial charge in [-0.2, -0.15) is 0 Å². The van der Waals surface area contributed by atoms with Crippen LogP contribution in [-0.4, -0.2) is 26.1 Å². The average Bonchev–Trinajstić information content (AvgIpc) is 2.70. The molecule has 4 heteroatoms. The highest BCUT2D eigenvalue weighted by Crippen LogP contribution is 2.58. The van der Waals surface area contributed by atoms with Crippen LogP contribution < -0.4 is 4.74 Å². The van der Waals surface area contributed by atoms with Gasteiger partial charge in [-0.25, -0.2) is 0 Å². The molecular formula is C14H16O3S. The molecule has 1 saturated heterocycles. The van der Waals surface area contributed by atoms with Crippen LogP contribution in [-0.2, 0) is 16.2 Å². The molecule has 0 radical (unpaired) electrons. The van der Waals surface area contributed by atoms with Crippen molar-refractivity contribution >= 4 is 10.8 Å². The van der Waals surface area contributed by atoms with Crippen molar-refractivity contribution in [1.82, 2.24) is 0 Å². The molecule has 4 atom stereocenters. The van der Waals surface area contributed by atoms with Crippen LogP contribution in [0.5, 0.6) is 5.75 Å². The first-order valence-electron chi connectivity index (χ1n) is 6.54. The molecule has 0 spiro atoms. The van der Waals surface area contributed by atoms with E-state index in [0.29, 0.717) is 12.2 Å². The molecule has 3 nitrogen and oxygen atoms in total. The molecular weight excluding hydrogens is 248 g/mol. The van der Waals surface area contributed by atoms with E-state index >= 15 is 0 Å². The van der Waals surface area contributed by atoms with Gasteiger partial charge in [-0.05, 0) is 25.3 Å². The van der Waals surface area contributed by atoms with E-state index in [9.17, 15) is 9.32 Å². The molecule has 2 unspecified atom stereocenters. The molecule has 0 aromatic heterocycles. The predicted molar refractivity (Wildman–Crippen MR) is 69.0 cm³/mol. The second-order valence-electron chi connectivity index (χ2n) is 5.67. The second kappa shape index (κ2) is 3.36.